The van der Waals surface area contributed by atoms with Gasteiger partial charge in [0.1, 0.15) is 17.5 Å². The fourth-order valence-corrected chi connectivity index (χ4v) is 3.32. The Kier molecular flexibility index (Phi) is 5.21. The van der Waals surface area contributed by atoms with Crippen LogP contribution in [0.5, 0.6) is 0 Å². The number of nitrogens with zero attached hydrogens (tertiary/aromatic N) is 2. The van der Waals surface area contributed by atoms with Crippen LogP contribution in [-0.2, 0) is 4.74 Å². The largest absolute Gasteiger partial charge is 0.376 e. The molecule has 2 aromatic rings. The molecule has 3 rings (SSSR count). The summed E-state index contributed by atoms with van der Waals surface area (Å²) in [6, 6.07) is 5.94. The van der Waals surface area contributed by atoms with Crippen molar-refractivity contribution >= 4 is 28.9 Å². The van der Waals surface area contributed by atoms with E-state index in [1.54, 1.807) is 0 Å². The predicted molar refractivity (Wildman–Crippen MR) is 98.4 cm³/mol. The normalized spacial score (nSPS) is 17.1. The molecule has 5 nitrogen and oxygen atoms in total. The molecule has 2 heterocycles. The van der Waals surface area contributed by atoms with Crippen molar-refractivity contribution < 1.29 is 4.74 Å². The second kappa shape index (κ2) is 7.36. The molecule has 0 spiro atoms. The average molecular weight is 347 g/mol. The van der Waals surface area contributed by atoms with Gasteiger partial charge in [0.15, 0.2) is 0 Å². The van der Waals surface area contributed by atoms with Gasteiger partial charge in [0.25, 0.3) is 0 Å². The van der Waals surface area contributed by atoms with Crippen LogP contribution in [-0.4, -0.2) is 29.2 Å². The summed E-state index contributed by atoms with van der Waals surface area (Å²) in [4.78, 5) is 8.91. The molecule has 1 aliphatic rings. The van der Waals surface area contributed by atoms with Crippen molar-refractivity contribution in [1.29, 1.82) is 0 Å². The molecule has 1 aromatic carbocycles. The number of aryl methyl sites for hydroxylation is 3. The number of rotatable bonds is 5. The van der Waals surface area contributed by atoms with Gasteiger partial charge in [-0.1, -0.05) is 17.7 Å². The highest BCUT2D eigenvalue weighted by atomic mass is 35.5. The molecule has 1 atom stereocenters. The summed E-state index contributed by atoms with van der Waals surface area (Å²) in [6.07, 6.45) is 2.50. The highest BCUT2D eigenvalue weighted by Crippen LogP contribution is 2.30. The first-order valence-corrected chi connectivity index (χ1v) is 8.64. The maximum atomic E-state index is 6.37. The molecular formula is C18H23ClN4O. The van der Waals surface area contributed by atoms with Crippen LogP contribution in [0.25, 0.3) is 0 Å². The SMILES string of the molecule is Cc1cc(C)c(Nc2cc(NCC3CCCO3)nc(C)n2)c(Cl)c1. The van der Waals surface area contributed by atoms with Gasteiger partial charge >= 0.3 is 0 Å². The number of benzene rings is 1. The molecule has 0 amide bonds. The molecule has 1 aliphatic heterocycles. The van der Waals surface area contributed by atoms with Crippen molar-refractivity contribution in [3.05, 3.63) is 40.2 Å². The van der Waals surface area contributed by atoms with Crippen LogP contribution in [0.2, 0.25) is 5.02 Å². The molecule has 1 aromatic heterocycles. The average Bonchev–Trinajstić information content (AvgIpc) is 3.02. The zero-order valence-corrected chi connectivity index (χ0v) is 15.1. The van der Waals surface area contributed by atoms with Gasteiger partial charge in [-0.15, -0.1) is 0 Å². The van der Waals surface area contributed by atoms with Gasteiger partial charge in [-0.3, -0.25) is 0 Å². The molecule has 6 heteroatoms. The molecular weight excluding hydrogens is 324 g/mol. The minimum absolute atomic E-state index is 0.269. The number of hydrogen-bond donors (Lipinski definition) is 2. The summed E-state index contributed by atoms with van der Waals surface area (Å²) in [7, 11) is 0. The zero-order valence-electron chi connectivity index (χ0n) is 14.3. The Hall–Kier alpha value is -1.85. The maximum absolute atomic E-state index is 6.37. The molecule has 128 valence electrons. The van der Waals surface area contributed by atoms with Crippen molar-refractivity contribution in [2.45, 2.75) is 39.7 Å². The van der Waals surface area contributed by atoms with E-state index in [0.29, 0.717) is 10.8 Å². The Morgan fingerprint density at radius 3 is 2.67 bits per heavy atom. The Bertz CT molecular complexity index is 706. The molecule has 0 aliphatic carbocycles. The quantitative estimate of drug-likeness (QED) is 0.840. The second-order valence-electron chi connectivity index (χ2n) is 6.27. The molecule has 0 saturated carbocycles. The molecule has 24 heavy (non-hydrogen) atoms. The van der Waals surface area contributed by atoms with Crippen molar-refractivity contribution in [3.63, 3.8) is 0 Å². The highest BCUT2D eigenvalue weighted by molar-refractivity contribution is 6.33. The third-order valence-corrected chi connectivity index (χ3v) is 4.36. The van der Waals surface area contributed by atoms with Gasteiger partial charge in [-0.25, -0.2) is 9.97 Å². The van der Waals surface area contributed by atoms with E-state index in [4.69, 9.17) is 16.3 Å². The van der Waals surface area contributed by atoms with Gasteiger partial charge < -0.3 is 15.4 Å². The molecule has 1 saturated heterocycles. The molecule has 2 N–H and O–H groups in total. The number of ether oxygens (including phenoxy) is 1. The van der Waals surface area contributed by atoms with Gasteiger partial charge in [-0.05, 0) is 50.8 Å². The third kappa shape index (κ3) is 4.16. The highest BCUT2D eigenvalue weighted by Gasteiger charge is 2.15. The molecule has 1 fully saturated rings. The predicted octanol–water partition coefficient (Wildman–Crippen LogP) is 4.39. The first-order valence-electron chi connectivity index (χ1n) is 8.26. The van der Waals surface area contributed by atoms with E-state index >= 15 is 0 Å². The Morgan fingerprint density at radius 1 is 1.17 bits per heavy atom. The lowest BCUT2D eigenvalue weighted by molar-refractivity contribution is 0.120. The first kappa shape index (κ1) is 17.0. The van der Waals surface area contributed by atoms with Crippen molar-refractivity contribution in [3.8, 4) is 0 Å². The van der Waals surface area contributed by atoms with Crippen LogP contribution in [0.3, 0.4) is 0 Å². The Balaban J connectivity index is 1.76. The van der Waals surface area contributed by atoms with Crippen LogP contribution in [0.4, 0.5) is 17.3 Å². The fraction of sp³-hybridized carbons (Fsp3) is 0.444. The van der Waals surface area contributed by atoms with E-state index in [9.17, 15) is 0 Å². The van der Waals surface area contributed by atoms with E-state index in [1.807, 2.05) is 32.9 Å². The van der Waals surface area contributed by atoms with Crippen molar-refractivity contribution in [2.24, 2.45) is 0 Å². The Morgan fingerprint density at radius 2 is 1.96 bits per heavy atom. The Labute approximate surface area is 147 Å². The number of nitrogens with one attached hydrogen (secondary N) is 2. The fourth-order valence-electron chi connectivity index (χ4n) is 2.95. The smallest absolute Gasteiger partial charge is 0.136 e. The minimum atomic E-state index is 0.269. The lowest BCUT2D eigenvalue weighted by Crippen LogP contribution is -2.19. The van der Waals surface area contributed by atoms with Crippen LogP contribution in [0.1, 0.15) is 29.8 Å². The van der Waals surface area contributed by atoms with Crippen molar-refractivity contribution in [2.75, 3.05) is 23.8 Å². The third-order valence-electron chi connectivity index (χ3n) is 4.06. The monoisotopic (exact) mass is 346 g/mol. The summed E-state index contributed by atoms with van der Waals surface area (Å²) in [6.45, 7) is 7.57. The summed E-state index contributed by atoms with van der Waals surface area (Å²) in [5.41, 5.74) is 3.11. The van der Waals surface area contributed by atoms with Crippen LogP contribution < -0.4 is 10.6 Å². The number of aromatic nitrogens is 2. The zero-order chi connectivity index (χ0) is 17.1. The molecule has 0 bridgehead atoms. The standard InChI is InChI=1S/C18H23ClN4O/c1-11-7-12(2)18(15(19)8-11)23-17-9-16(21-13(3)22-17)20-10-14-5-4-6-24-14/h7-9,14H,4-6,10H2,1-3H3,(H2,20,21,22,23). The van der Waals surface area contributed by atoms with E-state index in [1.165, 1.54) is 0 Å². The second-order valence-corrected chi connectivity index (χ2v) is 6.67. The lowest BCUT2D eigenvalue weighted by Gasteiger charge is -2.15. The van der Waals surface area contributed by atoms with E-state index in [2.05, 4.69) is 26.7 Å². The van der Waals surface area contributed by atoms with E-state index < -0.39 is 0 Å². The summed E-state index contributed by atoms with van der Waals surface area (Å²) >= 11 is 6.37. The molecule has 0 radical (unpaired) electrons. The summed E-state index contributed by atoms with van der Waals surface area (Å²) in [5, 5.41) is 7.36. The van der Waals surface area contributed by atoms with E-state index in [-0.39, 0.29) is 6.10 Å². The number of anilines is 3. The van der Waals surface area contributed by atoms with E-state index in [0.717, 1.165) is 54.4 Å². The van der Waals surface area contributed by atoms with Crippen LogP contribution >= 0.6 is 11.6 Å². The number of hydrogen-bond acceptors (Lipinski definition) is 5. The number of halogens is 1. The van der Waals surface area contributed by atoms with Gasteiger partial charge in [0, 0.05) is 19.2 Å². The summed E-state index contributed by atoms with van der Waals surface area (Å²) < 4.78 is 5.63. The minimum Gasteiger partial charge on any atom is -0.376 e. The van der Waals surface area contributed by atoms with Crippen molar-refractivity contribution in [1.82, 2.24) is 9.97 Å². The topological polar surface area (TPSA) is 59.1 Å². The van der Waals surface area contributed by atoms with Crippen LogP contribution in [0.15, 0.2) is 18.2 Å². The van der Waals surface area contributed by atoms with Gasteiger partial charge in [0.05, 0.1) is 16.8 Å². The lowest BCUT2D eigenvalue weighted by atomic mass is 10.1. The van der Waals surface area contributed by atoms with Gasteiger partial charge in [-0.2, -0.15) is 0 Å². The molecule has 1 unspecified atom stereocenters. The van der Waals surface area contributed by atoms with Crippen LogP contribution in [0, 0.1) is 20.8 Å². The maximum Gasteiger partial charge on any atom is 0.136 e. The van der Waals surface area contributed by atoms with Gasteiger partial charge in [0.2, 0.25) is 0 Å². The summed E-state index contributed by atoms with van der Waals surface area (Å²) in [5.74, 6) is 2.23. The first-order chi connectivity index (χ1) is 11.5.